The van der Waals surface area contributed by atoms with Gasteiger partial charge in [-0.05, 0) is 59.9 Å². The summed E-state index contributed by atoms with van der Waals surface area (Å²) < 4.78 is 4.80. The maximum Gasteiger partial charge on any atom is 0.414 e. The molecular weight excluding hydrogens is 983 g/mol. The van der Waals surface area contributed by atoms with Crippen molar-refractivity contribution in [2.45, 2.75) is 26.4 Å². The monoisotopic (exact) mass is 1000 g/mol. The predicted octanol–water partition coefficient (Wildman–Crippen LogP) is 3.23. The van der Waals surface area contributed by atoms with Gasteiger partial charge in [-0.3, -0.25) is 38.9 Å². The van der Waals surface area contributed by atoms with Crippen molar-refractivity contribution in [1.82, 2.24) is 5.32 Å². The summed E-state index contributed by atoms with van der Waals surface area (Å²) in [6, 6.07) is 0. The maximum atomic E-state index is 10.9. The third-order valence-electron chi connectivity index (χ3n) is 1.57. The Hall–Kier alpha value is -0.600. The first kappa shape index (κ1) is 52.1. The van der Waals surface area contributed by atoms with Gasteiger partial charge in [0.15, 0.2) is 0 Å². The van der Waals surface area contributed by atoms with Gasteiger partial charge in [0.2, 0.25) is 28.5 Å². The third-order valence-corrected chi connectivity index (χ3v) is 5.65. The van der Waals surface area contributed by atoms with Crippen LogP contribution >= 0.6 is 119 Å². The summed E-state index contributed by atoms with van der Waals surface area (Å²) in [5.74, 6) is -1.57. The molecule has 5 amide bonds. The number of ether oxygens (including phenoxy) is 1. The summed E-state index contributed by atoms with van der Waals surface area (Å²) >= 11 is 26.0. The van der Waals surface area contributed by atoms with Crippen LogP contribution in [0.2, 0.25) is 0 Å². The van der Waals surface area contributed by atoms with Crippen LogP contribution in [-0.4, -0.2) is 83.2 Å². The fourth-order valence-electron chi connectivity index (χ4n) is 0.532. The summed E-state index contributed by atoms with van der Waals surface area (Å²) in [6.07, 6.45) is 0.398. The Morgan fingerprint density at radius 3 is 1.23 bits per heavy atom. The van der Waals surface area contributed by atoms with Crippen LogP contribution in [0.15, 0.2) is 4.99 Å². The fraction of sp³-hybridized carbons (Fsp3) is 0.500. The summed E-state index contributed by atoms with van der Waals surface area (Å²) in [7, 11) is 0. The highest BCUT2D eigenvalue weighted by Gasteiger charge is 2.17. The number of isocyanates is 1. The minimum absolute atomic E-state index is 0.0162. The quantitative estimate of drug-likeness (QED) is 0.115. The molecule has 0 aliphatic carbocycles. The van der Waals surface area contributed by atoms with Crippen LogP contribution in [0.3, 0.4) is 0 Å². The first-order valence-electron chi connectivity index (χ1n) is 9.19. The molecule has 5 N–H and O–H groups in total. The van der Waals surface area contributed by atoms with E-state index in [4.69, 9.17) is 4.74 Å². The van der Waals surface area contributed by atoms with Gasteiger partial charge in [-0.2, -0.15) is 0 Å². The molecule has 0 aliphatic heterocycles. The average molecular weight is 1010 g/mol. The third kappa shape index (κ3) is 76.8. The summed E-state index contributed by atoms with van der Waals surface area (Å²) in [6.45, 7) is 5.18. The molecule has 0 heterocycles. The van der Waals surface area contributed by atoms with Crippen molar-refractivity contribution in [2.75, 3.05) is 26.7 Å². The molecule has 0 atom stereocenters. The Labute approximate surface area is 289 Å². The zero-order chi connectivity index (χ0) is 33.5. The van der Waals surface area contributed by atoms with Crippen LogP contribution in [0.1, 0.15) is 20.8 Å². The lowest BCUT2D eigenvalue weighted by molar-refractivity contribution is -0.127. The number of carbonyl (C=O) groups is 8. The van der Waals surface area contributed by atoms with E-state index in [1.807, 2.05) is 5.32 Å². The Kier molecular flexibility index (Phi) is 47.4. The van der Waals surface area contributed by atoms with Crippen molar-refractivity contribution >= 4 is 170 Å². The van der Waals surface area contributed by atoms with E-state index in [9.17, 15) is 43.2 Å². The number of aliphatic imine (C=N–C) groups is 1. The second kappa shape index (κ2) is 36.4. The zero-order valence-corrected chi connectivity index (χ0v) is 31.8. The minimum Gasteiger partial charge on any atom is -0.444 e. The molecule has 0 radical (unpaired) electrons. The Bertz CT molecular complexity index is 825. The van der Waals surface area contributed by atoms with E-state index in [0.29, 0.717) is 5.33 Å². The van der Waals surface area contributed by atoms with Crippen molar-refractivity contribution in [3.63, 3.8) is 0 Å². The largest absolute Gasteiger partial charge is 0.444 e. The second-order valence-corrected chi connectivity index (χ2v) is 10.5. The number of nitrogens with one attached hydrogen (secondary N) is 1. The van der Waals surface area contributed by atoms with E-state index < -0.39 is 34.0 Å². The number of primary amides is 2. The molecule has 14 nitrogen and oxygen atoms in total. The molecule has 0 saturated carbocycles. The Morgan fingerprint density at radius 1 is 0.775 bits per heavy atom. The lowest BCUT2D eigenvalue weighted by Gasteiger charge is -2.18. The standard InChI is InChI=1S/C7H12BrNO3.C3H2BrNO2.C2H2Br2O.2C2H4BrNO.C2Cl2O2/c1-7(2,3)12-6(11)9-5(10)4-8;4-1-3(7)5-2-6;3*3-1-2(4)5;3-1(5)2(4)6/h4H2,1-3H3,(H,9,10,11);1H2;1H2;2*1H2,(H2,4,5);. The summed E-state index contributed by atoms with van der Waals surface area (Å²) in [5, 5.41) is 0.840. The average Bonchev–Trinajstić information content (AvgIpc) is 2.84. The van der Waals surface area contributed by atoms with Crippen molar-refractivity contribution < 1.29 is 47.9 Å². The van der Waals surface area contributed by atoms with Crippen molar-refractivity contribution in [3.8, 4) is 0 Å². The number of imide groups is 1. The lowest BCUT2D eigenvalue weighted by atomic mass is 10.2. The smallest absolute Gasteiger partial charge is 0.414 e. The van der Waals surface area contributed by atoms with E-state index in [-0.39, 0.29) is 37.8 Å². The van der Waals surface area contributed by atoms with Crippen molar-refractivity contribution in [1.29, 1.82) is 0 Å². The summed E-state index contributed by atoms with van der Waals surface area (Å²) in [4.78, 5) is 91.1. The predicted molar refractivity (Wildman–Crippen MR) is 171 cm³/mol. The molecule has 22 heteroatoms. The second-order valence-electron chi connectivity index (χ2n) is 6.15. The number of alkyl carbamates (subject to hydrolysis) is 1. The minimum atomic E-state index is -1.14. The van der Waals surface area contributed by atoms with Crippen LogP contribution in [0.4, 0.5) is 4.79 Å². The molecule has 0 rings (SSSR count). The molecule has 40 heavy (non-hydrogen) atoms. The van der Waals surface area contributed by atoms with Crippen LogP contribution in [0, 0.1) is 0 Å². The molecule has 0 fully saturated rings. The Morgan fingerprint density at radius 2 is 1.10 bits per heavy atom. The van der Waals surface area contributed by atoms with Gasteiger partial charge >= 0.3 is 16.6 Å². The summed E-state index contributed by atoms with van der Waals surface area (Å²) in [5.41, 5.74) is 8.64. The number of nitrogens with zero attached hydrogens (tertiary/aromatic N) is 1. The number of nitrogens with two attached hydrogens (primary N) is 2. The van der Waals surface area contributed by atoms with Gasteiger partial charge in [0.05, 0.1) is 26.7 Å². The van der Waals surface area contributed by atoms with E-state index in [0.717, 1.165) is 6.08 Å². The molecule has 0 aliphatic rings. The normalized spacial score (nSPS) is 8.38. The molecule has 0 bridgehead atoms. The van der Waals surface area contributed by atoms with Gasteiger partial charge in [-0.1, -0.05) is 79.6 Å². The van der Waals surface area contributed by atoms with Crippen LogP contribution in [-0.2, 0) is 43.1 Å². The number of hydrogen-bond acceptors (Lipinski definition) is 10. The molecule has 0 aromatic heterocycles. The van der Waals surface area contributed by atoms with Crippen molar-refractivity contribution in [3.05, 3.63) is 0 Å². The van der Waals surface area contributed by atoms with Gasteiger partial charge in [-0.15, -0.1) is 4.99 Å². The van der Waals surface area contributed by atoms with Crippen molar-refractivity contribution in [2.24, 2.45) is 16.5 Å². The fourth-order valence-corrected chi connectivity index (χ4v) is 0.797. The molecule has 0 aromatic rings. The molecule has 0 aromatic carbocycles. The molecule has 0 unspecified atom stereocenters. The van der Waals surface area contributed by atoms with Gasteiger partial charge in [0, 0.05) is 0 Å². The van der Waals surface area contributed by atoms with E-state index >= 15 is 0 Å². The van der Waals surface area contributed by atoms with E-state index in [1.54, 1.807) is 20.8 Å². The van der Waals surface area contributed by atoms with Crippen LogP contribution in [0.5, 0.6) is 0 Å². The number of amides is 5. The Balaban J connectivity index is -0.0000000905. The molecule has 0 spiro atoms. The first-order valence-corrected chi connectivity index (χ1v) is 16.3. The number of rotatable bonds is 6. The highest BCUT2D eigenvalue weighted by molar-refractivity contribution is 9.19. The van der Waals surface area contributed by atoms with Gasteiger partial charge < -0.3 is 16.2 Å². The zero-order valence-electron chi connectivity index (χ0n) is 20.7. The maximum absolute atomic E-state index is 10.9. The number of halogens is 8. The SMILES string of the molecule is CC(C)(C)OC(=O)NC(=O)CBr.NC(=O)CBr.NC(=O)CBr.O=C(Br)CBr.O=C(Cl)C(=O)Cl.O=C=NC(=O)CBr. The highest BCUT2D eigenvalue weighted by Crippen LogP contribution is 2.06. The first-order chi connectivity index (χ1) is 18.1. The van der Waals surface area contributed by atoms with Gasteiger partial charge in [0.1, 0.15) is 5.60 Å². The van der Waals surface area contributed by atoms with Crippen LogP contribution < -0.4 is 16.8 Å². The lowest BCUT2D eigenvalue weighted by Crippen LogP contribution is -2.36. The van der Waals surface area contributed by atoms with Gasteiger partial charge in [-0.25, -0.2) is 9.59 Å². The van der Waals surface area contributed by atoms with Crippen LogP contribution in [0.25, 0.3) is 0 Å². The van der Waals surface area contributed by atoms with E-state index in [1.165, 1.54) is 0 Å². The molecule has 232 valence electrons. The topological polar surface area (TPSA) is 239 Å². The number of hydrogen-bond donors (Lipinski definition) is 3. The molecule has 0 saturated heterocycles. The number of carbonyl (C=O) groups excluding carboxylic acids is 9. The van der Waals surface area contributed by atoms with Gasteiger partial charge in [0.25, 0.3) is 5.91 Å². The van der Waals surface area contributed by atoms with E-state index in [2.05, 4.69) is 135 Å². The highest BCUT2D eigenvalue weighted by atomic mass is 79.9. The molecular formula is C18H24Br6Cl2N4O10. The number of alkyl halides is 5.